The Morgan fingerprint density at radius 1 is 0.158 bits per heavy atom. The lowest BCUT2D eigenvalue weighted by Crippen LogP contribution is -2.06. The maximum Gasteiger partial charge on any atom is 0.238 e. The fraction of sp³-hybridized carbons (Fsp3) is 0. The lowest BCUT2D eigenvalue weighted by molar-refractivity contribution is 0.668. The van der Waals surface area contributed by atoms with Gasteiger partial charge in [0.25, 0.3) is 0 Å². The number of nitrogens with zero attached hydrogens (tertiary/aromatic N) is 10. The van der Waals surface area contributed by atoms with Crippen LogP contribution >= 0.6 is 0 Å². The molecule has 24 aromatic rings. The van der Waals surface area contributed by atoms with Crippen LogP contribution in [0.15, 0.2) is 385 Å². The summed E-state index contributed by atoms with van der Waals surface area (Å²) >= 11 is 0. The van der Waals surface area contributed by atoms with Crippen LogP contribution in [0.5, 0.6) is 0 Å². The van der Waals surface area contributed by atoms with Crippen LogP contribution in [0.1, 0.15) is 0 Å². The van der Waals surface area contributed by atoms with Crippen molar-refractivity contribution in [1.82, 2.24) is 48.2 Å². The van der Waals surface area contributed by atoms with Crippen molar-refractivity contribution < 1.29 is 8.83 Å². The van der Waals surface area contributed by atoms with Gasteiger partial charge in [-0.1, -0.05) is 267 Å². The second-order valence-corrected chi connectivity index (χ2v) is 28.9. The third kappa shape index (κ3) is 10.5. The van der Waals surface area contributed by atoms with E-state index in [9.17, 15) is 0 Å². The molecule has 0 N–H and O–H groups in total. The topological polar surface area (TPSA) is 123 Å². The zero-order valence-corrected chi connectivity index (χ0v) is 61.1. The molecule has 24 rings (SSSR count). The van der Waals surface area contributed by atoms with E-state index in [0.717, 1.165) is 154 Å². The minimum atomic E-state index is 0.541. The van der Waals surface area contributed by atoms with Gasteiger partial charge in [0.2, 0.25) is 11.9 Å². The number of furan rings is 2. The number of hydrogen-bond donors (Lipinski definition) is 0. The van der Waals surface area contributed by atoms with Crippen molar-refractivity contribution in [3.05, 3.63) is 376 Å². The second kappa shape index (κ2) is 26.0. The molecule has 0 amide bonds. The minimum absolute atomic E-state index is 0.541. The highest BCUT2D eigenvalue weighted by Gasteiger charge is 2.25. The number of para-hydroxylation sites is 7. The first-order valence-electron chi connectivity index (χ1n) is 38.2. The van der Waals surface area contributed by atoms with E-state index in [-0.39, 0.29) is 0 Å². The Kier molecular flexibility index (Phi) is 14.7. The molecule has 0 aliphatic rings. The van der Waals surface area contributed by atoms with Gasteiger partial charge in [-0.2, -0.15) is 19.9 Å². The van der Waals surface area contributed by atoms with Crippen LogP contribution in [0.2, 0.25) is 0 Å². The fourth-order valence-electron chi connectivity index (χ4n) is 17.1. The van der Waals surface area contributed by atoms with Gasteiger partial charge in [0, 0.05) is 98.3 Å². The van der Waals surface area contributed by atoms with Gasteiger partial charge < -0.3 is 18.0 Å². The molecule has 0 saturated heterocycles. The summed E-state index contributed by atoms with van der Waals surface area (Å²) in [5, 5.41) is 13.6. The average Bonchev–Trinajstić information content (AvgIpc) is 1.56. The zero-order chi connectivity index (χ0) is 74.9. The molecule has 8 heterocycles. The highest BCUT2D eigenvalue weighted by atomic mass is 16.3. The highest BCUT2D eigenvalue weighted by molar-refractivity contribution is 6.21. The maximum atomic E-state index is 6.34. The van der Waals surface area contributed by atoms with Crippen LogP contribution in [0, 0.1) is 0 Å². The van der Waals surface area contributed by atoms with Gasteiger partial charge in [-0.15, -0.1) is 0 Å². The maximum absolute atomic E-state index is 6.34. The Labute approximate surface area is 651 Å². The standard InChI is InChI=1S/2C51H31N5O/c1-3-13-32(14-4-1)33-23-26-36(27-24-33)55-43-20-10-7-17-37(43)41-30-42-38-18-8-11-21-44(38)56(46(42)31-45(41)55)51-53-49(34-15-5-2-6-16-34)52-50(54-51)35-25-28-40-39-19-9-12-22-47(39)57-48(40)29-35;1-3-13-32(14-4-1)33-23-25-34(26-24-33)49-52-50(35-27-28-40-39-19-9-12-22-47(39)57-48(40)29-35)54-51(53-49)56-44-21-11-8-18-38(44)42-30-41-37-17-7-10-20-43(37)55(45(41)31-46(42)56)36-15-5-2-6-16-36/h2*1-31H. The van der Waals surface area contributed by atoms with E-state index < -0.39 is 0 Å². The van der Waals surface area contributed by atoms with E-state index in [2.05, 4.69) is 309 Å². The molecule has 532 valence electrons. The van der Waals surface area contributed by atoms with Crippen LogP contribution in [-0.2, 0) is 0 Å². The van der Waals surface area contributed by atoms with E-state index in [1.807, 2.05) is 84.9 Å². The predicted octanol–water partition coefficient (Wildman–Crippen LogP) is 25.9. The Bertz CT molecular complexity index is 7960. The molecule has 0 unspecified atom stereocenters. The molecule has 0 fully saturated rings. The molecule has 0 aliphatic carbocycles. The summed E-state index contributed by atoms with van der Waals surface area (Å²) in [5.74, 6) is 3.41. The lowest BCUT2D eigenvalue weighted by Gasteiger charge is -2.12. The number of aromatic nitrogens is 10. The number of benzene rings is 16. The van der Waals surface area contributed by atoms with Gasteiger partial charge in [-0.25, -0.2) is 9.97 Å². The molecule has 12 nitrogen and oxygen atoms in total. The smallest absolute Gasteiger partial charge is 0.238 e. The van der Waals surface area contributed by atoms with Gasteiger partial charge in [-0.05, 0) is 131 Å². The van der Waals surface area contributed by atoms with Gasteiger partial charge in [0.1, 0.15) is 22.3 Å². The molecular formula is C102H62N10O2. The molecule has 12 heteroatoms. The van der Waals surface area contributed by atoms with Crippen LogP contribution in [0.4, 0.5) is 0 Å². The van der Waals surface area contributed by atoms with Crippen molar-refractivity contribution >= 4 is 131 Å². The molecule has 0 saturated carbocycles. The Morgan fingerprint density at radius 2 is 0.430 bits per heavy atom. The number of hydrogen-bond acceptors (Lipinski definition) is 8. The van der Waals surface area contributed by atoms with Crippen LogP contribution < -0.4 is 0 Å². The van der Waals surface area contributed by atoms with Gasteiger partial charge in [-0.3, -0.25) is 9.13 Å². The fourth-order valence-corrected chi connectivity index (χ4v) is 17.1. The molecule has 8 aromatic heterocycles. The quantitative estimate of drug-likeness (QED) is 0.133. The summed E-state index contributed by atoms with van der Waals surface area (Å²) in [6.07, 6.45) is 0. The van der Waals surface area contributed by atoms with Crippen molar-refractivity contribution in [1.29, 1.82) is 0 Å². The van der Waals surface area contributed by atoms with Gasteiger partial charge in [0.15, 0.2) is 23.3 Å². The molecule has 114 heavy (non-hydrogen) atoms. The number of fused-ring (bicyclic) bond motifs is 18. The van der Waals surface area contributed by atoms with E-state index in [0.29, 0.717) is 35.2 Å². The highest BCUT2D eigenvalue weighted by Crippen LogP contribution is 2.44. The normalized spacial score (nSPS) is 11.9. The predicted molar refractivity (Wildman–Crippen MR) is 464 cm³/mol. The zero-order valence-electron chi connectivity index (χ0n) is 61.1. The summed E-state index contributed by atoms with van der Waals surface area (Å²) in [7, 11) is 0. The first-order valence-corrected chi connectivity index (χ1v) is 38.2. The van der Waals surface area contributed by atoms with E-state index in [1.165, 1.54) is 32.7 Å². The van der Waals surface area contributed by atoms with Crippen molar-refractivity contribution in [2.24, 2.45) is 0 Å². The van der Waals surface area contributed by atoms with Crippen molar-refractivity contribution in [2.45, 2.75) is 0 Å². The third-order valence-corrected chi connectivity index (χ3v) is 22.4. The molecular weight excluding hydrogens is 1400 g/mol. The van der Waals surface area contributed by atoms with E-state index in [1.54, 1.807) is 0 Å². The van der Waals surface area contributed by atoms with E-state index in [4.69, 9.17) is 38.7 Å². The first kappa shape index (κ1) is 64.3. The molecule has 0 radical (unpaired) electrons. The third-order valence-electron chi connectivity index (χ3n) is 22.4. The summed E-state index contributed by atoms with van der Waals surface area (Å²) < 4.78 is 21.8. The molecule has 16 aromatic carbocycles. The monoisotopic (exact) mass is 1460 g/mol. The SMILES string of the molecule is c1ccc(-c2ccc(-c3nc(-c4ccc5c(c4)oc4ccccc45)nc(-n4c5ccccc5c5cc6c7ccccc7n(-c7ccccc7)c6cc54)n3)cc2)cc1.c1ccc(-c2ccc(-n3c4ccccc4c4cc5c6ccccc6n(-c6nc(-c7ccccc7)nc(-c7ccc8c(c7)oc7ccccc78)n6)c5cc43)cc2)cc1. The molecule has 0 bridgehead atoms. The number of rotatable bonds is 10. The van der Waals surface area contributed by atoms with Crippen molar-refractivity contribution in [3.63, 3.8) is 0 Å². The minimum Gasteiger partial charge on any atom is -0.456 e. The van der Waals surface area contributed by atoms with E-state index >= 15 is 0 Å². The summed E-state index contributed by atoms with van der Waals surface area (Å²) in [4.78, 5) is 31.3. The Balaban J connectivity index is 0.000000135. The van der Waals surface area contributed by atoms with Crippen molar-refractivity contribution in [2.75, 3.05) is 0 Å². The van der Waals surface area contributed by atoms with Gasteiger partial charge >= 0.3 is 0 Å². The summed E-state index contributed by atoms with van der Waals surface area (Å²) in [6, 6.07) is 131. The Morgan fingerprint density at radius 3 is 0.842 bits per heavy atom. The lowest BCUT2D eigenvalue weighted by atomic mass is 10.0. The summed E-state index contributed by atoms with van der Waals surface area (Å²) in [6.45, 7) is 0. The Hall–Kier alpha value is -15.7. The van der Waals surface area contributed by atoms with Crippen molar-refractivity contribution in [3.8, 4) is 91.1 Å². The first-order chi connectivity index (χ1) is 56.5. The molecule has 0 spiro atoms. The van der Waals surface area contributed by atoms with Crippen LogP contribution in [0.3, 0.4) is 0 Å². The van der Waals surface area contributed by atoms with Crippen LogP contribution in [-0.4, -0.2) is 48.2 Å². The second-order valence-electron chi connectivity index (χ2n) is 28.9. The summed E-state index contributed by atoms with van der Waals surface area (Å²) in [5.41, 5.74) is 22.3. The van der Waals surface area contributed by atoms with Gasteiger partial charge in [0.05, 0.1) is 44.1 Å². The van der Waals surface area contributed by atoms with Crippen LogP contribution in [0.25, 0.3) is 222 Å². The molecule has 0 aliphatic heterocycles. The average molecular weight is 1460 g/mol. The largest absolute Gasteiger partial charge is 0.456 e. The molecule has 0 atom stereocenters.